The number of nitrogens with zero attached hydrogens (tertiary/aromatic N) is 1. The molecule has 1 unspecified atom stereocenters. The molecule has 4 rings (SSSR count). The second-order valence-corrected chi connectivity index (χ2v) is 6.70. The van der Waals surface area contributed by atoms with E-state index in [1.54, 1.807) is 0 Å². The molecule has 0 bridgehead atoms. The fourth-order valence-electron chi connectivity index (χ4n) is 3.27. The van der Waals surface area contributed by atoms with Crippen LogP contribution in [0.15, 0.2) is 66.7 Å². The van der Waals surface area contributed by atoms with E-state index in [0.29, 0.717) is 5.02 Å². The molecule has 25 heavy (non-hydrogen) atoms. The van der Waals surface area contributed by atoms with Crippen molar-refractivity contribution < 1.29 is 5.11 Å². The summed E-state index contributed by atoms with van der Waals surface area (Å²) < 4.78 is 0. The average molecular weight is 351 g/mol. The van der Waals surface area contributed by atoms with Crippen LogP contribution >= 0.6 is 11.6 Å². The molecular weight excluding hydrogens is 332 g/mol. The third kappa shape index (κ3) is 3.31. The van der Waals surface area contributed by atoms with Gasteiger partial charge in [-0.3, -0.25) is 0 Å². The Hall–Kier alpha value is -2.20. The first-order valence-electron chi connectivity index (χ1n) is 8.46. The summed E-state index contributed by atoms with van der Waals surface area (Å²) in [6, 6.07) is 17.5. The molecule has 2 aromatic carbocycles. The normalized spacial score (nSPS) is 18.4. The van der Waals surface area contributed by atoms with Crippen molar-refractivity contribution in [1.29, 1.82) is 0 Å². The highest BCUT2D eigenvalue weighted by atomic mass is 35.5. The number of hydrogen-bond donors (Lipinski definition) is 2. The third-order valence-electron chi connectivity index (χ3n) is 4.58. The Morgan fingerprint density at radius 3 is 2.68 bits per heavy atom. The Balaban J connectivity index is 1.85. The fourth-order valence-corrected chi connectivity index (χ4v) is 3.40. The minimum Gasteiger partial charge on any atom is -0.386 e. The zero-order chi connectivity index (χ0) is 17.2. The van der Waals surface area contributed by atoms with E-state index in [1.807, 2.05) is 60.7 Å². The van der Waals surface area contributed by atoms with Gasteiger partial charge >= 0.3 is 0 Å². The van der Waals surface area contributed by atoms with Crippen molar-refractivity contribution in [1.82, 2.24) is 10.3 Å². The second kappa shape index (κ2) is 6.96. The van der Waals surface area contributed by atoms with E-state index in [9.17, 15) is 5.11 Å². The van der Waals surface area contributed by atoms with Gasteiger partial charge in [-0.05, 0) is 42.8 Å². The lowest BCUT2D eigenvalue weighted by Gasteiger charge is -2.25. The van der Waals surface area contributed by atoms with Crippen LogP contribution in [-0.4, -0.2) is 22.7 Å². The van der Waals surface area contributed by atoms with Gasteiger partial charge in [0, 0.05) is 16.0 Å². The second-order valence-electron chi connectivity index (χ2n) is 6.26. The van der Waals surface area contributed by atoms with Gasteiger partial charge in [0.2, 0.25) is 0 Å². The highest BCUT2D eigenvalue weighted by molar-refractivity contribution is 6.30. The van der Waals surface area contributed by atoms with Gasteiger partial charge in [0.15, 0.2) is 0 Å². The number of hydrogen-bond acceptors (Lipinski definition) is 3. The molecule has 2 atom stereocenters. The average Bonchev–Trinajstić information content (AvgIpc) is 2.68. The number of rotatable bonds is 3. The summed E-state index contributed by atoms with van der Waals surface area (Å²) >= 11 is 6.00. The molecule has 126 valence electrons. The lowest BCUT2D eigenvalue weighted by molar-refractivity contribution is 0.147. The fraction of sp³-hybridized carbons (Fsp3) is 0.190. The molecule has 0 radical (unpaired) electrons. The highest BCUT2D eigenvalue weighted by Crippen LogP contribution is 2.31. The van der Waals surface area contributed by atoms with Gasteiger partial charge in [0.05, 0.1) is 23.4 Å². The third-order valence-corrected chi connectivity index (χ3v) is 4.83. The first-order chi connectivity index (χ1) is 12.2. The molecule has 0 saturated carbocycles. The molecule has 1 aromatic heterocycles. The Morgan fingerprint density at radius 1 is 1.12 bits per heavy atom. The predicted octanol–water partition coefficient (Wildman–Crippen LogP) is 4.51. The first kappa shape index (κ1) is 16.3. The topological polar surface area (TPSA) is 45.2 Å². The molecule has 0 fully saturated rings. The lowest BCUT2D eigenvalue weighted by atomic mass is 9.95. The van der Waals surface area contributed by atoms with Crippen LogP contribution in [0.1, 0.15) is 18.1 Å². The molecule has 2 N–H and O–H groups in total. The summed E-state index contributed by atoms with van der Waals surface area (Å²) in [6.45, 7) is 0.880. The van der Waals surface area contributed by atoms with E-state index < -0.39 is 6.10 Å². The molecule has 0 spiro atoms. The summed E-state index contributed by atoms with van der Waals surface area (Å²) in [7, 11) is 0. The molecule has 2 heterocycles. The van der Waals surface area contributed by atoms with Crippen molar-refractivity contribution >= 4 is 22.5 Å². The van der Waals surface area contributed by atoms with Crippen LogP contribution in [0.5, 0.6) is 0 Å². The maximum atomic E-state index is 11.0. The standard InChI is InChI=1S/C21H19ClN2O/c22-15-10-8-14(9-11-15)20-13-17(16-5-1-2-6-18(16)24-20)21(25)19-7-3-4-12-23-19/h1-3,5-11,13,19,21,23,25H,4,12H2/t19-,21?/m1/s1. The number of nitrogens with one attached hydrogen (secondary N) is 1. The Kier molecular flexibility index (Phi) is 4.53. The number of aliphatic hydroxyl groups excluding tert-OH is 1. The van der Waals surface area contributed by atoms with Crippen LogP contribution in [0, 0.1) is 0 Å². The van der Waals surface area contributed by atoms with Crippen LogP contribution in [0.4, 0.5) is 0 Å². The monoisotopic (exact) mass is 350 g/mol. The van der Waals surface area contributed by atoms with Crippen LogP contribution in [0.2, 0.25) is 5.02 Å². The van der Waals surface area contributed by atoms with Crippen LogP contribution in [0.25, 0.3) is 22.2 Å². The molecule has 0 aliphatic carbocycles. The quantitative estimate of drug-likeness (QED) is 0.683. The molecule has 4 heteroatoms. The number of para-hydroxylation sites is 1. The number of aromatic nitrogens is 1. The zero-order valence-electron chi connectivity index (χ0n) is 13.7. The smallest absolute Gasteiger partial charge is 0.0986 e. The van der Waals surface area contributed by atoms with Crippen molar-refractivity contribution in [3.63, 3.8) is 0 Å². The summed E-state index contributed by atoms with van der Waals surface area (Å²) in [5, 5.41) is 16.0. The van der Waals surface area contributed by atoms with Crippen LogP contribution < -0.4 is 5.32 Å². The Morgan fingerprint density at radius 2 is 1.92 bits per heavy atom. The molecule has 0 saturated heterocycles. The summed E-state index contributed by atoms with van der Waals surface area (Å²) in [4.78, 5) is 4.77. The van der Waals surface area contributed by atoms with E-state index >= 15 is 0 Å². The van der Waals surface area contributed by atoms with E-state index in [4.69, 9.17) is 16.6 Å². The minimum absolute atomic E-state index is 0.0855. The van der Waals surface area contributed by atoms with Gasteiger partial charge in [-0.15, -0.1) is 0 Å². The van der Waals surface area contributed by atoms with Crippen molar-refractivity contribution in [3.8, 4) is 11.3 Å². The van der Waals surface area contributed by atoms with Crippen LogP contribution in [-0.2, 0) is 0 Å². The zero-order valence-corrected chi connectivity index (χ0v) is 14.4. The van der Waals surface area contributed by atoms with Gasteiger partial charge in [-0.25, -0.2) is 4.98 Å². The summed E-state index contributed by atoms with van der Waals surface area (Å²) in [5.74, 6) is 0. The number of pyridine rings is 1. The SMILES string of the molecule is OC(c1cc(-c2ccc(Cl)cc2)nc2ccccc12)[C@H]1C=CCCN1. The Labute approximate surface area is 152 Å². The van der Waals surface area contributed by atoms with E-state index in [-0.39, 0.29) is 6.04 Å². The number of halogens is 1. The van der Waals surface area contributed by atoms with Gasteiger partial charge < -0.3 is 10.4 Å². The van der Waals surface area contributed by atoms with Crippen molar-refractivity contribution in [2.24, 2.45) is 0 Å². The van der Waals surface area contributed by atoms with Gasteiger partial charge in [-0.2, -0.15) is 0 Å². The number of aliphatic hydroxyl groups is 1. The van der Waals surface area contributed by atoms with Crippen LogP contribution in [0.3, 0.4) is 0 Å². The first-order valence-corrected chi connectivity index (χ1v) is 8.84. The minimum atomic E-state index is -0.629. The van der Waals surface area contributed by atoms with E-state index in [2.05, 4.69) is 11.4 Å². The van der Waals surface area contributed by atoms with Crippen molar-refractivity contribution in [3.05, 3.63) is 77.3 Å². The van der Waals surface area contributed by atoms with Gasteiger partial charge in [0.25, 0.3) is 0 Å². The molecule has 3 aromatic rings. The molecule has 0 amide bonds. The number of benzene rings is 2. The van der Waals surface area contributed by atoms with E-state index in [1.165, 1.54) is 0 Å². The van der Waals surface area contributed by atoms with E-state index in [0.717, 1.165) is 40.7 Å². The highest BCUT2D eigenvalue weighted by Gasteiger charge is 2.22. The van der Waals surface area contributed by atoms with Crippen molar-refractivity contribution in [2.75, 3.05) is 6.54 Å². The van der Waals surface area contributed by atoms with Gasteiger partial charge in [0.1, 0.15) is 0 Å². The number of fused-ring (bicyclic) bond motifs is 1. The largest absolute Gasteiger partial charge is 0.386 e. The van der Waals surface area contributed by atoms with Gasteiger partial charge in [-0.1, -0.05) is 54.1 Å². The summed E-state index contributed by atoms with van der Waals surface area (Å²) in [5.41, 5.74) is 3.59. The maximum Gasteiger partial charge on any atom is 0.0986 e. The summed E-state index contributed by atoms with van der Waals surface area (Å²) in [6.07, 6.45) is 4.53. The molecular formula is C21H19ClN2O. The molecule has 1 aliphatic heterocycles. The molecule has 1 aliphatic rings. The molecule has 3 nitrogen and oxygen atoms in total. The maximum absolute atomic E-state index is 11.0. The Bertz CT molecular complexity index is 921. The van der Waals surface area contributed by atoms with Crippen molar-refractivity contribution in [2.45, 2.75) is 18.6 Å². The lowest BCUT2D eigenvalue weighted by Crippen LogP contribution is -2.36. The predicted molar refractivity (Wildman–Crippen MR) is 103 cm³/mol.